The minimum Gasteiger partial charge on any atom is -0.423 e. The Kier molecular flexibility index (Phi) is 5.31. The summed E-state index contributed by atoms with van der Waals surface area (Å²) >= 11 is 0. The first-order chi connectivity index (χ1) is 13.2. The number of rotatable bonds is 4. The molecule has 1 heterocycles. The second-order valence-corrected chi connectivity index (χ2v) is 6.96. The van der Waals surface area contributed by atoms with E-state index in [1.807, 2.05) is 19.9 Å². The van der Waals surface area contributed by atoms with Gasteiger partial charge in [0, 0.05) is 17.5 Å². The molecule has 0 fully saturated rings. The number of ether oxygens (including phenoxy) is 1. The minimum atomic E-state index is -0.747. The molecule has 0 aliphatic carbocycles. The van der Waals surface area contributed by atoms with Crippen molar-refractivity contribution in [3.63, 3.8) is 0 Å². The van der Waals surface area contributed by atoms with Gasteiger partial charge in [-0.25, -0.2) is 9.59 Å². The minimum absolute atomic E-state index is 0.0684. The number of aryl methyl sites for hydroxylation is 2. The van der Waals surface area contributed by atoms with Crippen molar-refractivity contribution in [3.8, 4) is 5.75 Å². The van der Waals surface area contributed by atoms with Crippen LogP contribution >= 0.6 is 0 Å². The largest absolute Gasteiger partial charge is 0.423 e. The van der Waals surface area contributed by atoms with Crippen LogP contribution < -0.4 is 15.7 Å². The van der Waals surface area contributed by atoms with E-state index in [0.717, 1.165) is 11.1 Å². The van der Waals surface area contributed by atoms with Gasteiger partial charge in [0.05, 0.1) is 5.56 Å². The van der Waals surface area contributed by atoms with Gasteiger partial charge in [0.15, 0.2) is 0 Å². The summed E-state index contributed by atoms with van der Waals surface area (Å²) in [5, 5.41) is 3.22. The number of carbonyl (C=O) groups is 2. The van der Waals surface area contributed by atoms with Crippen LogP contribution in [-0.2, 0) is 0 Å². The van der Waals surface area contributed by atoms with E-state index >= 15 is 0 Å². The van der Waals surface area contributed by atoms with Crippen molar-refractivity contribution in [2.24, 2.45) is 0 Å². The molecule has 0 saturated carbocycles. The van der Waals surface area contributed by atoms with Crippen LogP contribution in [0.15, 0.2) is 51.7 Å². The maximum absolute atomic E-state index is 12.4. The lowest BCUT2D eigenvalue weighted by Crippen LogP contribution is -2.33. The quantitative estimate of drug-likeness (QED) is 0.424. The third kappa shape index (κ3) is 4.11. The lowest BCUT2D eigenvalue weighted by Gasteiger charge is -2.09. The fourth-order valence-electron chi connectivity index (χ4n) is 2.69. The Bertz CT molecular complexity index is 1130. The highest BCUT2D eigenvalue weighted by Crippen LogP contribution is 2.22. The Morgan fingerprint density at radius 1 is 1.00 bits per heavy atom. The zero-order chi connectivity index (χ0) is 20.4. The number of carbonyl (C=O) groups excluding carboxylic acids is 2. The molecule has 0 unspecified atom stereocenters. The molecule has 0 bridgehead atoms. The van der Waals surface area contributed by atoms with E-state index < -0.39 is 17.5 Å². The van der Waals surface area contributed by atoms with Gasteiger partial charge in [0.1, 0.15) is 16.9 Å². The fourth-order valence-corrected chi connectivity index (χ4v) is 2.69. The third-order valence-corrected chi connectivity index (χ3v) is 4.32. The Hall–Kier alpha value is -3.41. The van der Waals surface area contributed by atoms with E-state index in [9.17, 15) is 14.4 Å². The molecular formula is C22H21NO5. The number of fused-ring (bicyclic) bond motifs is 1. The van der Waals surface area contributed by atoms with Gasteiger partial charge in [-0.3, -0.25) is 4.79 Å². The Morgan fingerprint density at radius 3 is 2.43 bits per heavy atom. The van der Waals surface area contributed by atoms with Gasteiger partial charge < -0.3 is 14.5 Å². The first kappa shape index (κ1) is 19.4. The summed E-state index contributed by atoms with van der Waals surface area (Å²) in [5.74, 6) is -0.744. The smallest absolute Gasteiger partial charge is 0.349 e. The number of amides is 1. The SMILES string of the molecule is Cc1ccc(C(=O)Oc2ccc3cc(C(=O)NC(C)C)c(=O)oc3c2)cc1C. The first-order valence-corrected chi connectivity index (χ1v) is 8.93. The predicted molar refractivity (Wildman–Crippen MR) is 106 cm³/mol. The maximum atomic E-state index is 12.4. The van der Waals surface area contributed by atoms with Gasteiger partial charge >= 0.3 is 11.6 Å². The summed E-state index contributed by atoms with van der Waals surface area (Å²) in [7, 11) is 0. The van der Waals surface area contributed by atoms with E-state index in [0.29, 0.717) is 10.9 Å². The molecule has 0 atom stereocenters. The van der Waals surface area contributed by atoms with E-state index in [-0.39, 0.29) is 22.9 Å². The van der Waals surface area contributed by atoms with Crippen molar-refractivity contribution in [1.29, 1.82) is 0 Å². The molecule has 6 nitrogen and oxygen atoms in total. The fraction of sp³-hybridized carbons (Fsp3) is 0.227. The highest BCUT2D eigenvalue weighted by molar-refractivity contribution is 5.97. The van der Waals surface area contributed by atoms with Crippen LogP contribution in [0.1, 0.15) is 45.7 Å². The van der Waals surface area contributed by atoms with Gasteiger partial charge in [-0.2, -0.15) is 0 Å². The average molecular weight is 379 g/mol. The molecule has 2 aromatic carbocycles. The second kappa shape index (κ2) is 7.68. The highest BCUT2D eigenvalue weighted by atomic mass is 16.5. The molecule has 3 aromatic rings. The van der Waals surface area contributed by atoms with Crippen LogP contribution in [0, 0.1) is 13.8 Å². The van der Waals surface area contributed by atoms with E-state index in [4.69, 9.17) is 9.15 Å². The van der Waals surface area contributed by atoms with Crippen molar-refractivity contribution in [3.05, 3.63) is 75.1 Å². The van der Waals surface area contributed by atoms with E-state index in [1.165, 1.54) is 12.1 Å². The van der Waals surface area contributed by atoms with Crippen LogP contribution in [0.5, 0.6) is 5.75 Å². The molecule has 1 amide bonds. The number of hydrogen-bond acceptors (Lipinski definition) is 5. The molecule has 0 aliphatic heterocycles. The maximum Gasteiger partial charge on any atom is 0.349 e. The second-order valence-electron chi connectivity index (χ2n) is 6.96. The number of nitrogens with one attached hydrogen (secondary N) is 1. The van der Waals surface area contributed by atoms with Gasteiger partial charge in [-0.1, -0.05) is 6.07 Å². The van der Waals surface area contributed by atoms with Crippen molar-refractivity contribution in [2.75, 3.05) is 0 Å². The van der Waals surface area contributed by atoms with Crippen LogP contribution in [0.4, 0.5) is 0 Å². The van der Waals surface area contributed by atoms with Crippen molar-refractivity contribution in [1.82, 2.24) is 5.32 Å². The predicted octanol–water partition coefficient (Wildman–Crippen LogP) is 3.77. The normalized spacial score (nSPS) is 10.9. The van der Waals surface area contributed by atoms with Gasteiger partial charge in [0.2, 0.25) is 0 Å². The molecule has 0 aliphatic rings. The Balaban J connectivity index is 1.88. The Labute approximate surface area is 162 Å². The summed E-state index contributed by atoms with van der Waals surface area (Å²) in [5.41, 5.74) is 1.93. The summed E-state index contributed by atoms with van der Waals surface area (Å²) in [4.78, 5) is 36.6. The average Bonchev–Trinajstić information content (AvgIpc) is 2.62. The standard InChI is InChI=1S/C22H21NO5/c1-12(2)23-20(24)18-10-15-7-8-17(11-19(15)28-22(18)26)27-21(25)16-6-5-13(3)14(4)9-16/h5-12H,1-4H3,(H,23,24). The van der Waals surface area contributed by atoms with Crippen molar-refractivity contribution in [2.45, 2.75) is 33.7 Å². The zero-order valence-electron chi connectivity index (χ0n) is 16.2. The molecule has 1 N–H and O–H groups in total. The van der Waals surface area contributed by atoms with Gasteiger partial charge in [0.25, 0.3) is 5.91 Å². The lowest BCUT2D eigenvalue weighted by atomic mass is 10.1. The summed E-state index contributed by atoms with van der Waals surface area (Å²) in [6.07, 6.45) is 0. The molecular weight excluding hydrogens is 358 g/mol. The van der Waals surface area contributed by atoms with Crippen LogP contribution in [0.25, 0.3) is 11.0 Å². The highest BCUT2D eigenvalue weighted by Gasteiger charge is 2.16. The monoisotopic (exact) mass is 379 g/mol. The third-order valence-electron chi connectivity index (χ3n) is 4.32. The van der Waals surface area contributed by atoms with Crippen molar-refractivity contribution < 1.29 is 18.7 Å². The number of hydrogen-bond donors (Lipinski definition) is 1. The molecule has 0 radical (unpaired) electrons. The number of esters is 1. The van der Waals surface area contributed by atoms with Gasteiger partial charge in [-0.05, 0) is 69.2 Å². The first-order valence-electron chi connectivity index (χ1n) is 8.93. The van der Waals surface area contributed by atoms with Crippen LogP contribution in [0.3, 0.4) is 0 Å². The van der Waals surface area contributed by atoms with Crippen LogP contribution in [-0.4, -0.2) is 17.9 Å². The van der Waals surface area contributed by atoms with Crippen LogP contribution in [0.2, 0.25) is 0 Å². The topological polar surface area (TPSA) is 85.6 Å². The molecule has 144 valence electrons. The molecule has 1 aromatic heterocycles. The van der Waals surface area contributed by atoms with Crippen molar-refractivity contribution >= 4 is 22.8 Å². The molecule has 3 rings (SSSR count). The summed E-state index contributed by atoms with van der Waals surface area (Å²) in [6.45, 7) is 7.49. The Morgan fingerprint density at radius 2 is 1.75 bits per heavy atom. The molecule has 28 heavy (non-hydrogen) atoms. The lowest BCUT2D eigenvalue weighted by molar-refractivity contribution is 0.0734. The summed E-state index contributed by atoms with van der Waals surface area (Å²) < 4.78 is 10.6. The molecule has 0 saturated heterocycles. The molecule has 6 heteroatoms. The molecule has 0 spiro atoms. The number of benzene rings is 2. The van der Waals surface area contributed by atoms with Gasteiger partial charge in [-0.15, -0.1) is 0 Å². The van der Waals surface area contributed by atoms with E-state index in [2.05, 4.69) is 5.32 Å². The van der Waals surface area contributed by atoms with E-state index in [1.54, 1.807) is 38.1 Å². The summed E-state index contributed by atoms with van der Waals surface area (Å²) in [6, 6.07) is 11.4. The zero-order valence-corrected chi connectivity index (χ0v) is 16.2.